The van der Waals surface area contributed by atoms with Gasteiger partial charge >= 0.3 is 0 Å². The van der Waals surface area contributed by atoms with Gasteiger partial charge in [0.15, 0.2) is 11.5 Å². The third-order valence-electron chi connectivity index (χ3n) is 3.75. The van der Waals surface area contributed by atoms with Crippen molar-refractivity contribution in [3.63, 3.8) is 0 Å². The van der Waals surface area contributed by atoms with E-state index in [2.05, 4.69) is 5.32 Å². The Morgan fingerprint density at radius 1 is 1.15 bits per heavy atom. The molecule has 2 rings (SSSR count). The summed E-state index contributed by atoms with van der Waals surface area (Å²) in [4.78, 5) is 26.1. The molecule has 0 saturated heterocycles. The summed E-state index contributed by atoms with van der Waals surface area (Å²) < 4.78 is 10.9. The Labute approximate surface area is 164 Å². The molecule has 0 radical (unpaired) electrons. The fourth-order valence-electron chi connectivity index (χ4n) is 2.39. The summed E-state index contributed by atoms with van der Waals surface area (Å²) >= 11 is 6.03. The zero-order valence-electron chi connectivity index (χ0n) is 15.6. The van der Waals surface area contributed by atoms with Gasteiger partial charge in [-0.15, -0.1) is 0 Å². The lowest BCUT2D eigenvalue weighted by Gasteiger charge is -2.18. The van der Waals surface area contributed by atoms with E-state index < -0.39 is 0 Å². The number of para-hydroxylation sites is 1. The van der Waals surface area contributed by atoms with Gasteiger partial charge in [0, 0.05) is 12.6 Å². The van der Waals surface area contributed by atoms with E-state index in [-0.39, 0.29) is 18.4 Å². The van der Waals surface area contributed by atoms with E-state index in [1.807, 2.05) is 6.92 Å². The number of rotatable bonds is 8. The summed E-state index contributed by atoms with van der Waals surface area (Å²) in [5.41, 5.74) is 0.910. The molecule has 0 aliphatic rings. The maximum absolute atomic E-state index is 12.6. The predicted molar refractivity (Wildman–Crippen MR) is 106 cm³/mol. The number of benzene rings is 2. The summed E-state index contributed by atoms with van der Waals surface area (Å²) in [5, 5.41) is 3.13. The average Bonchev–Trinajstić information content (AvgIpc) is 2.67. The fraction of sp³-hybridized carbons (Fsp3) is 0.300. The highest BCUT2D eigenvalue weighted by molar-refractivity contribution is 6.33. The van der Waals surface area contributed by atoms with Gasteiger partial charge in [0.05, 0.1) is 31.0 Å². The van der Waals surface area contributed by atoms with E-state index in [0.29, 0.717) is 34.4 Å². The predicted octanol–water partition coefficient (Wildman–Crippen LogP) is 3.85. The molecule has 0 aromatic heterocycles. The zero-order valence-corrected chi connectivity index (χ0v) is 16.4. The van der Waals surface area contributed by atoms with Crippen LogP contribution in [0.5, 0.6) is 11.5 Å². The van der Waals surface area contributed by atoms with Gasteiger partial charge < -0.3 is 19.7 Å². The SMILES string of the molecule is CCCOc1ccc(C(=O)N(C)CC(=O)Nc2ccccc2Cl)cc1OC. The molecule has 7 heteroatoms. The van der Waals surface area contributed by atoms with Crippen molar-refractivity contribution in [3.05, 3.63) is 53.1 Å². The zero-order chi connectivity index (χ0) is 19.8. The monoisotopic (exact) mass is 390 g/mol. The molecule has 0 saturated carbocycles. The van der Waals surface area contributed by atoms with Gasteiger partial charge in [0.25, 0.3) is 5.91 Å². The molecule has 6 nitrogen and oxygen atoms in total. The van der Waals surface area contributed by atoms with Crippen molar-refractivity contribution in [2.75, 3.05) is 32.6 Å². The number of hydrogen-bond acceptors (Lipinski definition) is 4. The topological polar surface area (TPSA) is 67.9 Å². The van der Waals surface area contributed by atoms with E-state index >= 15 is 0 Å². The maximum Gasteiger partial charge on any atom is 0.254 e. The van der Waals surface area contributed by atoms with Gasteiger partial charge in [-0.25, -0.2) is 0 Å². The number of methoxy groups -OCH3 is 1. The van der Waals surface area contributed by atoms with Crippen molar-refractivity contribution >= 4 is 29.1 Å². The van der Waals surface area contributed by atoms with Crippen molar-refractivity contribution in [2.24, 2.45) is 0 Å². The van der Waals surface area contributed by atoms with Crippen molar-refractivity contribution in [1.82, 2.24) is 4.90 Å². The molecule has 144 valence electrons. The molecule has 1 N–H and O–H groups in total. The van der Waals surface area contributed by atoms with E-state index in [1.54, 1.807) is 49.5 Å². The third-order valence-corrected chi connectivity index (χ3v) is 4.08. The van der Waals surface area contributed by atoms with E-state index in [9.17, 15) is 9.59 Å². The van der Waals surface area contributed by atoms with E-state index in [1.165, 1.54) is 12.0 Å². The highest BCUT2D eigenvalue weighted by atomic mass is 35.5. The highest BCUT2D eigenvalue weighted by Crippen LogP contribution is 2.28. The van der Waals surface area contributed by atoms with Crippen LogP contribution in [-0.4, -0.2) is 44.0 Å². The molecule has 0 spiro atoms. The molecule has 0 aliphatic heterocycles. The Bertz CT molecular complexity index is 810. The van der Waals surface area contributed by atoms with Gasteiger partial charge in [0.2, 0.25) is 5.91 Å². The van der Waals surface area contributed by atoms with E-state index in [0.717, 1.165) is 6.42 Å². The molecule has 0 unspecified atom stereocenters. The number of hydrogen-bond donors (Lipinski definition) is 1. The van der Waals surface area contributed by atoms with Crippen LogP contribution in [0.3, 0.4) is 0 Å². The molecule has 2 amide bonds. The quantitative estimate of drug-likeness (QED) is 0.743. The van der Waals surface area contributed by atoms with Crippen molar-refractivity contribution < 1.29 is 19.1 Å². The first-order chi connectivity index (χ1) is 13.0. The van der Waals surface area contributed by atoms with Crippen LogP contribution in [0.1, 0.15) is 23.7 Å². The number of anilines is 1. The number of nitrogens with zero attached hydrogens (tertiary/aromatic N) is 1. The Kier molecular flexibility index (Phi) is 7.49. The Morgan fingerprint density at radius 3 is 2.56 bits per heavy atom. The lowest BCUT2D eigenvalue weighted by atomic mass is 10.1. The molecule has 2 aromatic carbocycles. The normalized spacial score (nSPS) is 10.2. The number of likely N-dealkylation sites (N-methyl/N-ethyl adjacent to an activating group) is 1. The van der Waals surface area contributed by atoms with E-state index in [4.69, 9.17) is 21.1 Å². The van der Waals surface area contributed by atoms with Gasteiger partial charge in [0.1, 0.15) is 0 Å². The van der Waals surface area contributed by atoms with Crippen molar-refractivity contribution in [2.45, 2.75) is 13.3 Å². The molecule has 0 aliphatic carbocycles. The average molecular weight is 391 g/mol. The minimum absolute atomic E-state index is 0.111. The number of carbonyl (C=O) groups is 2. The number of amides is 2. The first-order valence-electron chi connectivity index (χ1n) is 8.57. The second-order valence-corrected chi connectivity index (χ2v) is 6.31. The Balaban J connectivity index is 2.03. The third kappa shape index (κ3) is 5.62. The van der Waals surface area contributed by atoms with Crippen LogP contribution in [-0.2, 0) is 4.79 Å². The van der Waals surface area contributed by atoms with Crippen LogP contribution in [0.25, 0.3) is 0 Å². The van der Waals surface area contributed by atoms with Gasteiger partial charge in [-0.3, -0.25) is 9.59 Å². The summed E-state index contributed by atoms with van der Waals surface area (Å²) in [6, 6.07) is 11.9. The summed E-state index contributed by atoms with van der Waals surface area (Å²) in [7, 11) is 3.08. The van der Waals surface area contributed by atoms with Crippen LogP contribution in [0.15, 0.2) is 42.5 Å². The lowest BCUT2D eigenvalue weighted by molar-refractivity contribution is -0.116. The minimum Gasteiger partial charge on any atom is -0.493 e. The van der Waals surface area contributed by atoms with Crippen LogP contribution >= 0.6 is 11.6 Å². The first kappa shape index (κ1) is 20.6. The lowest BCUT2D eigenvalue weighted by Crippen LogP contribution is -2.35. The summed E-state index contributed by atoms with van der Waals surface area (Å²) in [6.45, 7) is 2.46. The van der Waals surface area contributed by atoms with Crippen LogP contribution < -0.4 is 14.8 Å². The van der Waals surface area contributed by atoms with Gasteiger partial charge in [-0.1, -0.05) is 30.7 Å². The maximum atomic E-state index is 12.6. The highest BCUT2D eigenvalue weighted by Gasteiger charge is 2.17. The first-order valence-corrected chi connectivity index (χ1v) is 8.94. The van der Waals surface area contributed by atoms with Crippen molar-refractivity contribution in [3.8, 4) is 11.5 Å². The van der Waals surface area contributed by atoms with Crippen LogP contribution in [0.4, 0.5) is 5.69 Å². The molecular weight excluding hydrogens is 368 g/mol. The molecular formula is C20H23ClN2O4. The molecule has 0 bridgehead atoms. The minimum atomic E-state index is -0.339. The number of nitrogens with one attached hydrogen (secondary N) is 1. The Morgan fingerprint density at radius 2 is 1.89 bits per heavy atom. The van der Waals surface area contributed by atoms with Crippen LogP contribution in [0, 0.1) is 0 Å². The molecule has 2 aromatic rings. The second-order valence-electron chi connectivity index (χ2n) is 5.90. The molecule has 0 heterocycles. The molecule has 0 atom stereocenters. The summed E-state index contributed by atoms with van der Waals surface area (Å²) in [6.07, 6.45) is 0.868. The number of halogens is 1. The molecule has 0 fully saturated rings. The Hall–Kier alpha value is -2.73. The summed E-state index contributed by atoms with van der Waals surface area (Å²) in [5.74, 6) is 0.414. The van der Waals surface area contributed by atoms with Gasteiger partial charge in [-0.05, 0) is 36.8 Å². The second kappa shape index (κ2) is 9.83. The van der Waals surface area contributed by atoms with Crippen LogP contribution in [0.2, 0.25) is 5.02 Å². The standard InChI is InChI=1S/C20H23ClN2O4/c1-4-11-27-17-10-9-14(12-18(17)26-3)20(25)23(2)13-19(24)22-16-8-6-5-7-15(16)21/h5-10,12H,4,11,13H2,1-3H3,(H,22,24). The van der Waals surface area contributed by atoms with Gasteiger partial charge in [-0.2, -0.15) is 0 Å². The number of ether oxygens (including phenoxy) is 2. The fourth-order valence-corrected chi connectivity index (χ4v) is 2.57. The molecule has 27 heavy (non-hydrogen) atoms. The smallest absolute Gasteiger partial charge is 0.254 e. The number of carbonyl (C=O) groups excluding carboxylic acids is 2. The largest absolute Gasteiger partial charge is 0.493 e. The van der Waals surface area contributed by atoms with Crippen molar-refractivity contribution in [1.29, 1.82) is 0 Å².